The molecule has 30 heavy (non-hydrogen) atoms. The summed E-state index contributed by atoms with van der Waals surface area (Å²) in [6.45, 7) is 4.70. The Hall–Kier alpha value is -2.23. The highest BCUT2D eigenvalue weighted by Gasteiger charge is 2.20. The Kier molecular flexibility index (Phi) is 9.48. The van der Waals surface area contributed by atoms with Crippen LogP contribution in [0.1, 0.15) is 31.7 Å². The SMILES string of the molecule is CC[C@@H](C)N(C)c1nc(Cl)nc(COC)c1/N=C(\C=O)NCc1ccc(SC)cn1. The van der Waals surface area contributed by atoms with Crippen molar-refractivity contribution < 1.29 is 9.53 Å². The zero-order valence-corrected chi connectivity index (χ0v) is 19.4. The topological polar surface area (TPSA) is 92.6 Å². The third-order valence-electron chi connectivity index (χ3n) is 4.61. The molecular formula is C20H27ClN6O2S. The first kappa shape index (κ1) is 24.0. The van der Waals surface area contributed by atoms with Crippen LogP contribution in [0, 0.1) is 0 Å². The number of halogens is 1. The summed E-state index contributed by atoms with van der Waals surface area (Å²) in [6, 6.07) is 4.08. The van der Waals surface area contributed by atoms with Crippen LogP contribution in [0.25, 0.3) is 0 Å². The number of aromatic nitrogens is 3. The zero-order chi connectivity index (χ0) is 22.1. The van der Waals surface area contributed by atoms with E-state index in [9.17, 15) is 4.79 Å². The molecule has 0 radical (unpaired) electrons. The van der Waals surface area contributed by atoms with Crippen molar-refractivity contribution in [1.82, 2.24) is 20.3 Å². The molecule has 10 heteroatoms. The van der Waals surface area contributed by atoms with Gasteiger partial charge < -0.3 is 15.0 Å². The lowest BCUT2D eigenvalue weighted by atomic mass is 10.2. The van der Waals surface area contributed by atoms with Gasteiger partial charge >= 0.3 is 0 Å². The summed E-state index contributed by atoms with van der Waals surface area (Å²) in [7, 11) is 3.47. The van der Waals surface area contributed by atoms with Crippen molar-refractivity contribution in [2.75, 3.05) is 25.3 Å². The van der Waals surface area contributed by atoms with Crippen LogP contribution < -0.4 is 10.2 Å². The molecule has 0 aromatic carbocycles. The maximum Gasteiger partial charge on any atom is 0.224 e. The number of hydrogen-bond donors (Lipinski definition) is 1. The molecule has 1 N–H and O–H groups in total. The van der Waals surface area contributed by atoms with Crippen molar-refractivity contribution in [2.24, 2.45) is 4.99 Å². The highest BCUT2D eigenvalue weighted by Crippen LogP contribution is 2.32. The van der Waals surface area contributed by atoms with Gasteiger partial charge in [0.05, 0.1) is 24.5 Å². The number of pyridine rings is 1. The number of ether oxygens (including phenoxy) is 1. The van der Waals surface area contributed by atoms with Gasteiger partial charge in [-0.2, -0.15) is 4.98 Å². The fourth-order valence-electron chi connectivity index (χ4n) is 2.58. The van der Waals surface area contributed by atoms with Crippen LogP contribution in [-0.4, -0.2) is 53.5 Å². The maximum absolute atomic E-state index is 11.7. The van der Waals surface area contributed by atoms with Gasteiger partial charge in [0.2, 0.25) is 5.28 Å². The number of aldehydes is 1. The van der Waals surface area contributed by atoms with Crippen molar-refractivity contribution in [3.05, 3.63) is 35.0 Å². The predicted octanol–water partition coefficient (Wildman–Crippen LogP) is 3.65. The predicted molar refractivity (Wildman–Crippen MR) is 122 cm³/mol. The van der Waals surface area contributed by atoms with E-state index in [0.717, 1.165) is 17.0 Å². The first-order chi connectivity index (χ1) is 14.4. The van der Waals surface area contributed by atoms with Gasteiger partial charge in [-0.15, -0.1) is 11.8 Å². The number of methoxy groups -OCH3 is 1. The van der Waals surface area contributed by atoms with Gasteiger partial charge in [-0.1, -0.05) is 6.92 Å². The third kappa shape index (κ3) is 6.38. The fourth-order valence-corrected chi connectivity index (χ4v) is 3.13. The number of thioether (sulfide) groups is 1. The van der Waals surface area contributed by atoms with Crippen LogP contribution in [0.3, 0.4) is 0 Å². The lowest BCUT2D eigenvalue weighted by Gasteiger charge is -2.26. The van der Waals surface area contributed by atoms with E-state index in [2.05, 4.69) is 39.1 Å². The summed E-state index contributed by atoms with van der Waals surface area (Å²) >= 11 is 7.76. The Morgan fingerprint density at radius 3 is 2.77 bits per heavy atom. The molecule has 0 saturated heterocycles. The molecule has 0 fully saturated rings. The van der Waals surface area contributed by atoms with E-state index >= 15 is 0 Å². The fraction of sp³-hybridized carbons (Fsp3) is 0.450. The molecule has 0 aliphatic carbocycles. The standard InChI is InChI=1S/C20H27ClN6O2S/c1-6-13(2)27(3)19-18(16(12-29-4)24-20(21)26-19)25-17(11-28)23-9-14-7-8-15(30-5)10-22-14/h7-8,10-11,13H,6,9,12H2,1-5H3,(H,23,25)/t13-/m1/s1. The maximum atomic E-state index is 11.7. The quantitative estimate of drug-likeness (QED) is 0.193. The van der Waals surface area contributed by atoms with Crippen LogP contribution >= 0.6 is 23.4 Å². The lowest BCUT2D eigenvalue weighted by molar-refractivity contribution is -0.102. The molecule has 2 aromatic heterocycles. The summed E-state index contributed by atoms with van der Waals surface area (Å²) in [5.74, 6) is 0.688. The number of nitrogens with one attached hydrogen (secondary N) is 1. The number of anilines is 1. The number of amidine groups is 1. The first-order valence-electron chi connectivity index (χ1n) is 9.48. The molecule has 1 atom stereocenters. The zero-order valence-electron chi connectivity index (χ0n) is 17.8. The second-order valence-electron chi connectivity index (χ2n) is 6.57. The van der Waals surface area contributed by atoms with Crippen LogP contribution in [0.2, 0.25) is 5.28 Å². The van der Waals surface area contributed by atoms with Gasteiger partial charge in [0.15, 0.2) is 17.9 Å². The average molecular weight is 451 g/mol. The van der Waals surface area contributed by atoms with Crippen molar-refractivity contribution in [2.45, 2.75) is 44.4 Å². The Balaban J connectivity index is 2.38. The minimum Gasteiger partial charge on any atom is -0.378 e. The van der Waals surface area contributed by atoms with Crippen LogP contribution in [-0.2, 0) is 22.7 Å². The van der Waals surface area contributed by atoms with E-state index in [4.69, 9.17) is 16.3 Å². The number of hydrogen-bond acceptors (Lipinski definition) is 8. The molecule has 0 amide bonds. The minimum absolute atomic E-state index is 0.102. The smallest absolute Gasteiger partial charge is 0.224 e. The largest absolute Gasteiger partial charge is 0.378 e. The van der Waals surface area contributed by atoms with Crippen molar-refractivity contribution >= 4 is 47.0 Å². The van der Waals surface area contributed by atoms with Gasteiger partial charge in [-0.25, -0.2) is 9.98 Å². The minimum atomic E-state index is 0.102. The molecule has 0 aliphatic heterocycles. The summed E-state index contributed by atoms with van der Waals surface area (Å²) in [5.41, 5.74) is 1.75. The molecule has 2 rings (SSSR count). The van der Waals surface area contributed by atoms with Crippen molar-refractivity contribution in [3.8, 4) is 0 Å². The van der Waals surface area contributed by atoms with Crippen molar-refractivity contribution in [3.63, 3.8) is 0 Å². The Bertz CT molecular complexity index is 878. The van der Waals surface area contributed by atoms with E-state index < -0.39 is 0 Å². The second-order valence-corrected chi connectivity index (χ2v) is 7.79. The number of rotatable bonds is 10. The summed E-state index contributed by atoms with van der Waals surface area (Å²) in [5, 5.41) is 3.13. The Morgan fingerprint density at radius 2 is 2.20 bits per heavy atom. The van der Waals surface area contributed by atoms with E-state index in [-0.39, 0.29) is 23.8 Å². The summed E-state index contributed by atoms with van der Waals surface area (Å²) < 4.78 is 5.25. The molecule has 2 heterocycles. The van der Waals surface area contributed by atoms with Gasteiger partial charge in [-0.3, -0.25) is 9.78 Å². The lowest BCUT2D eigenvalue weighted by Crippen LogP contribution is -2.30. The number of carbonyl (C=O) groups excluding carboxylic acids is 1. The van der Waals surface area contributed by atoms with Gasteiger partial charge in [0.25, 0.3) is 0 Å². The Labute approximate surface area is 186 Å². The van der Waals surface area contributed by atoms with E-state index in [0.29, 0.717) is 30.0 Å². The van der Waals surface area contributed by atoms with Crippen molar-refractivity contribution in [1.29, 1.82) is 0 Å². The van der Waals surface area contributed by atoms with E-state index in [1.807, 2.05) is 30.3 Å². The molecule has 0 unspecified atom stereocenters. The normalized spacial score (nSPS) is 12.5. The van der Waals surface area contributed by atoms with Crippen LogP contribution in [0.4, 0.5) is 11.5 Å². The summed E-state index contributed by atoms with van der Waals surface area (Å²) in [6.07, 6.45) is 5.35. The first-order valence-corrected chi connectivity index (χ1v) is 11.1. The van der Waals surface area contributed by atoms with Crippen LogP contribution in [0.15, 0.2) is 28.2 Å². The molecule has 2 aromatic rings. The molecule has 0 saturated carbocycles. The second kappa shape index (κ2) is 11.8. The molecule has 0 spiro atoms. The molecule has 0 aliphatic rings. The van der Waals surface area contributed by atoms with E-state index in [1.165, 1.54) is 0 Å². The van der Waals surface area contributed by atoms with Gasteiger partial charge in [0.1, 0.15) is 5.69 Å². The highest BCUT2D eigenvalue weighted by molar-refractivity contribution is 7.98. The van der Waals surface area contributed by atoms with Gasteiger partial charge in [0, 0.05) is 31.3 Å². The number of aliphatic imine (C=N–C) groups is 1. The van der Waals surface area contributed by atoms with E-state index in [1.54, 1.807) is 25.1 Å². The molecule has 0 bridgehead atoms. The van der Waals surface area contributed by atoms with Crippen LogP contribution in [0.5, 0.6) is 0 Å². The molecule has 162 valence electrons. The number of carbonyl (C=O) groups is 1. The van der Waals surface area contributed by atoms with Gasteiger partial charge in [-0.05, 0) is 43.3 Å². The Morgan fingerprint density at radius 1 is 1.43 bits per heavy atom. The summed E-state index contributed by atoms with van der Waals surface area (Å²) in [4.78, 5) is 32.3. The average Bonchev–Trinajstić information content (AvgIpc) is 2.77. The third-order valence-corrected chi connectivity index (χ3v) is 5.49. The number of nitrogens with zero attached hydrogens (tertiary/aromatic N) is 5. The molecular weight excluding hydrogens is 424 g/mol. The monoisotopic (exact) mass is 450 g/mol. The molecule has 8 nitrogen and oxygen atoms in total. The highest BCUT2D eigenvalue weighted by atomic mass is 35.5.